The molecule has 1 aromatic carbocycles. The van der Waals surface area contributed by atoms with Crippen LogP contribution in [0.1, 0.15) is 16.1 Å². The van der Waals surface area contributed by atoms with E-state index in [9.17, 15) is 4.79 Å². The Hall–Kier alpha value is -3.02. The molecule has 0 saturated carbocycles. The van der Waals surface area contributed by atoms with Crippen LogP contribution in [0.3, 0.4) is 0 Å². The molecule has 3 aromatic rings. The summed E-state index contributed by atoms with van der Waals surface area (Å²) in [6, 6.07) is 10.8. The fraction of sp³-hybridized carbons (Fsp3) is 0.176. The van der Waals surface area contributed by atoms with Gasteiger partial charge in [-0.1, -0.05) is 12.1 Å². The van der Waals surface area contributed by atoms with Crippen LogP contribution in [0.15, 0.2) is 42.6 Å². The van der Waals surface area contributed by atoms with Crippen molar-refractivity contribution in [2.75, 3.05) is 13.7 Å². The molecule has 118 valence electrons. The van der Waals surface area contributed by atoms with Gasteiger partial charge in [0, 0.05) is 29.6 Å². The van der Waals surface area contributed by atoms with Crippen molar-refractivity contribution in [2.24, 2.45) is 0 Å². The van der Waals surface area contributed by atoms with Gasteiger partial charge in [0.1, 0.15) is 11.4 Å². The number of pyridine rings is 1. The molecule has 6 heteroatoms. The minimum absolute atomic E-state index is 0.149. The molecule has 0 atom stereocenters. The first-order chi connectivity index (χ1) is 11.2. The van der Waals surface area contributed by atoms with Gasteiger partial charge in [-0.3, -0.25) is 0 Å². The van der Waals surface area contributed by atoms with E-state index in [1.807, 2.05) is 24.3 Å². The fourth-order valence-corrected chi connectivity index (χ4v) is 2.33. The van der Waals surface area contributed by atoms with E-state index >= 15 is 0 Å². The van der Waals surface area contributed by atoms with Crippen LogP contribution in [0.25, 0.3) is 10.9 Å². The topological polar surface area (TPSA) is 84.4 Å². The van der Waals surface area contributed by atoms with Crippen LogP contribution in [0.4, 0.5) is 0 Å². The number of nitrogens with zero attached hydrogens (tertiary/aromatic N) is 1. The average Bonchev–Trinajstić information content (AvgIpc) is 3.01. The maximum Gasteiger partial charge on any atom is 0.352 e. The summed E-state index contributed by atoms with van der Waals surface area (Å²) < 4.78 is 10.8. The minimum Gasteiger partial charge on any atom is -0.493 e. The zero-order valence-electron chi connectivity index (χ0n) is 12.6. The highest BCUT2D eigenvalue weighted by atomic mass is 16.5. The molecule has 0 aliphatic carbocycles. The number of methoxy groups -OCH3 is 1. The summed E-state index contributed by atoms with van der Waals surface area (Å²) in [4.78, 5) is 18.0. The molecule has 0 aliphatic heterocycles. The number of hydrogen-bond acceptors (Lipinski definition) is 4. The monoisotopic (exact) mass is 314 g/mol. The number of aromatic nitrogens is 2. The molecule has 0 saturated heterocycles. The van der Waals surface area contributed by atoms with Crippen molar-refractivity contribution >= 4 is 16.9 Å². The normalized spacial score (nSPS) is 10.7. The third-order valence-electron chi connectivity index (χ3n) is 3.51. The number of fused-ring (bicyclic) bond motifs is 1. The van der Waals surface area contributed by atoms with Gasteiger partial charge < -0.3 is 19.6 Å². The Morgan fingerprint density at radius 2 is 2.17 bits per heavy atom. The van der Waals surface area contributed by atoms with E-state index in [0.717, 1.165) is 16.5 Å². The second kappa shape index (κ2) is 6.39. The molecule has 0 amide bonds. The van der Waals surface area contributed by atoms with Gasteiger partial charge in [0.05, 0.1) is 13.7 Å². The molecular formula is C17H16N2O4. The molecule has 0 unspecified atom stereocenters. The zero-order chi connectivity index (χ0) is 16.2. The quantitative estimate of drug-likeness (QED) is 0.731. The number of nitrogens with one attached hydrogen (secondary N) is 1. The number of benzene rings is 1. The van der Waals surface area contributed by atoms with E-state index in [1.54, 1.807) is 25.4 Å². The molecule has 0 radical (unpaired) electrons. The highest BCUT2D eigenvalue weighted by molar-refractivity contribution is 5.96. The summed E-state index contributed by atoms with van der Waals surface area (Å²) in [7, 11) is 1.58. The molecule has 6 nitrogen and oxygen atoms in total. The summed E-state index contributed by atoms with van der Waals surface area (Å²) in [5.41, 5.74) is 1.93. The Bertz CT molecular complexity index is 824. The number of aromatic amines is 1. The number of hydrogen-bond donors (Lipinski definition) is 2. The highest BCUT2D eigenvalue weighted by Gasteiger charge is 2.10. The molecule has 3 rings (SSSR count). The van der Waals surface area contributed by atoms with Crippen molar-refractivity contribution in [1.29, 1.82) is 0 Å². The van der Waals surface area contributed by atoms with Gasteiger partial charge in [0.2, 0.25) is 5.88 Å². The molecular weight excluding hydrogens is 298 g/mol. The molecule has 2 aromatic heterocycles. The average molecular weight is 314 g/mol. The van der Waals surface area contributed by atoms with Gasteiger partial charge >= 0.3 is 5.97 Å². The van der Waals surface area contributed by atoms with Crippen LogP contribution < -0.4 is 9.47 Å². The molecule has 0 fully saturated rings. The van der Waals surface area contributed by atoms with Crippen LogP contribution in [-0.2, 0) is 6.42 Å². The Morgan fingerprint density at radius 3 is 2.87 bits per heavy atom. The van der Waals surface area contributed by atoms with Crippen molar-refractivity contribution < 1.29 is 19.4 Å². The predicted molar refractivity (Wildman–Crippen MR) is 85.2 cm³/mol. The maximum absolute atomic E-state index is 11.0. The lowest BCUT2D eigenvalue weighted by Gasteiger charge is -2.07. The van der Waals surface area contributed by atoms with Crippen molar-refractivity contribution in [3.63, 3.8) is 0 Å². The summed E-state index contributed by atoms with van der Waals surface area (Å²) in [5, 5.41) is 9.82. The minimum atomic E-state index is -0.989. The second-order valence-electron chi connectivity index (χ2n) is 5.01. The molecule has 0 spiro atoms. The number of H-pyrrole nitrogens is 1. The number of carbonyl (C=O) groups is 1. The first-order valence-corrected chi connectivity index (χ1v) is 7.14. The van der Waals surface area contributed by atoms with Crippen molar-refractivity contribution in [1.82, 2.24) is 9.97 Å². The van der Waals surface area contributed by atoms with E-state index < -0.39 is 5.97 Å². The zero-order valence-corrected chi connectivity index (χ0v) is 12.6. The summed E-state index contributed by atoms with van der Waals surface area (Å²) in [5.74, 6) is 0.247. The van der Waals surface area contributed by atoms with E-state index in [0.29, 0.717) is 24.7 Å². The maximum atomic E-state index is 11.0. The van der Waals surface area contributed by atoms with Crippen LogP contribution >= 0.6 is 0 Å². The lowest BCUT2D eigenvalue weighted by Crippen LogP contribution is -2.02. The predicted octanol–water partition coefficient (Wildman–Crippen LogP) is 2.89. The van der Waals surface area contributed by atoms with Gasteiger partial charge in [-0.25, -0.2) is 9.78 Å². The summed E-state index contributed by atoms with van der Waals surface area (Å²) >= 11 is 0. The standard InChI is InChI=1S/C17H16N2O4/c1-22-16-6-5-11(10-18-16)7-8-23-15-4-2-3-13-12(15)9-14(19-13)17(20)21/h2-6,9-10,19H,7-8H2,1H3,(H,20,21)/i19+2. The van der Waals surface area contributed by atoms with E-state index in [-0.39, 0.29) is 5.69 Å². The second-order valence-corrected chi connectivity index (χ2v) is 5.01. The number of ether oxygens (including phenoxy) is 2. The van der Waals surface area contributed by atoms with Crippen molar-refractivity contribution in [3.05, 3.63) is 53.9 Å². The van der Waals surface area contributed by atoms with Gasteiger partial charge in [-0.2, -0.15) is 0 Å². The van der Waals surface area contributed by atoms with Gasteiger partial charge in [0.25, 0.3) is 0 Å². The van der Waals surface area contributed by atoms with Crippen LogP contribution in [0.2, 0.25) is 0 Å². The fourth-order valence-electron chi connectivity index (χ4n) is 2.33. The molecule has 2 heterocycles. The molecule has 2 N–H and O–H groups in total. The van der Waals surface area contributed by atoms with E-state index in [4.69, 9.17) is 14.6 Å². The largest absolute Gasteiger partial charge is 0.493 e. The summed E-state index contributed by atoms with van der Waals surface area (Å²) in [6.07, 6.45) is 2.45. The van der Waals surface area contributed by atoms with Gasteiger partial charge in [0.15, 0.2) is 0 Å². The van der Waals surface area contributed by atoms with Gasteiger partial charge in [-0.05, 0) is 23.8 Å². The van der Waals surface area contributed by atoms with E-state index in [2.05, 4.69) is 9.97 Å². The Balaban J connectivity index is 1.70. The first kappa shape index (κ1) is 14.9. The Kier molecular flexibility index (Phi) is 4.14. The van der Waals surface area contributed by atoms with Crippen molar-refractivity contribution in [2.45, 2.75) is 6.42 Å². The highest BCUT2D eigenvalue weighted by Crippen LogP contribution is 2.26. The third kappa shape index (κ3) is 3.26. The smallest absolute Gasteiger partial charge is 0.352 e. The van der Waals surface area contributed by atoms with Crippen molar-refractivity contribution in [3.8, 4) is 11.6 Å². The molecule has 0 bridgehead atoms. The lowest BCUT2D eigenvalue weighted by molar-refractivity contribution is 0.0691. The number of carboxylic acid groups (broad SMARTS) is 1. The SMILES string of the molecule is COc1ccc(CCOc2cccc3[16nH]c(C(=O)O)cc23)cn1. The lowest BCUT2D eigenvalue weighted by atomic mass is 10.2. The number of rotatable bonds is 6. The Labute approximate surface area is 132 Å². The third-order valence-corrected chi connectivity index (χ3v) is 3.51. The van der Waals surface area contributed by atoms with Crippen LogP contribution in [0.5, 0.6) is 11.6 Å². The van der Waals surface area contributed by atoms with Gasteiger partial charge in [-0.15, -0.1) is 0 Å². The summed E-state index contributed by atoms with van der Waals surface area (Å²) in [6.45, 7) is 0.473. The first-order valence-electron chi connectivity index (χ1n) is 7.14. The molecule has 0 aliphatic rings. The van der Waals surface area contributed by atoms with Crippen LogP contribution in [0, 0.1) is 0 Å². The Morgan fingerprint density at radius 1 is 1.30 bits per heavy atom. The molecule has 23 heavy (non-hydrogen) atoms. The van der Waals surface area contributed by atoms with Crippen LogP contribution in [-0.4, -0.2) is 34.8 Å². The number of aromatic carboxylic acids is 1. The number of carboxylic acids is 1. The van der Waals surface area contributed by atoms with E-state index in [1.165, 1.54) is 0 Å².